The van der Waals surface area contributed by atoms with Crippen molar-refractivity contribution in [1.82, 2.24) is 4.57 Å². The molecule has 2 aromatic rings. The molecule has 0 saturated heterocycles. The van der Waals surface area contributed by atoms with Crippen LogP contribution < -0.4 is 5.32 Å². The van der Waals surface area contributed by atoms with Crippen molar-refractivity contribution in [3.05, 3.63) is 53.9 Å². The average Bonchev–Trinajstić information content (AvgIpc) is 2.93. The molecule has 4 nitrogen and oxygen atoms in total. The summed E-state index contributed by atoms with van der Waals surface area (Å²) in [5, 5.41) is 3.29. The van der Waals surface area contributed by atoms with Crippen LogP contribution in [0.5, 0.6) is 0 Å². The molecular weight excluding hydrogens is 252 g/mol. The summed E-state index contributed by atoms with van der Waals surface area (Å²) in [7, 11) is 0. The van der Waals surface area contributed by atoms with Gasteiger partial charge in [0.15, 0.2) is 0 Å². The van der Waals surface area contributed by atoms with Crippen LogP contribution in [0.25, 0.3) is 0 Å². The highest BCUT2D eigenvalue weighted by Crippen LogP contribution is 2.17. The number of nitrogens with zero attached hydrogens (tertiary/aromatic N) is 1. The van der Waals surface area contributed by atoms with Gasteiger partial charge in [-0.25, -0.2) is 4.79 Å². The minimum absolute atomic E-state index is 0.290. The second kappa shape index (κ2) is 6.80. The fourth-order valence-electron chi connectivity index (χ4n) is 2.01. The van der Waals surface area contributed by atoms with E-state index in [1.807, 2.05) is 24.4 Å². The summed E-state index contributed by atoms with van der Waals surface area (Å²) in [5.74, 6) is -0.290. The van der Waals surface area contributed by atoms with E-state index in [0.29, 0.717) is 18.7 Å². The second-order valence-corrected chi connectivity index (χ2v) is 4.47. The van der Waals surface area contributed by atoms with Gasteiger partial charge in [0.2, 0.25) is 0 Å². The lowest BCUT2D eigenvalue weighted by atomic mass is 10.1. The number of hydrogen-bond acceptors (Lipinski definition) is 3. The van der Waals surface area contributed by atoms with Gasteiger partial charge in [0.25, 0.3) is 0 Å². The number of esters is 1. The van der Waals surface area contributed by atoms with Crippen LogP contribution in [0.3, 0.4) is 0 Å². The van der Waals surface area contributed by atoms with E-state index in [2.05, 4.69) is 29.1 Å². The number of aromatic nitrogens is 1. The van der Waals surface area contributed by atoms with Gasteiger partial charge in [-0.15, -0.1) is 0 Å². The quantitative estimate of drug-likeness (QED) is 0.820. The van der Waals surface area contributed by atoms with Crippen molar-refractivity contribution in [2.24, 2.45) is 0 Å². The lowest BCUT2D eigenvalue weighted by Crippen LogP contribution is -2.09. The Labute approximate surface area is 119 Å². The Morgan fingerprint density at radius 2 is 2.05 bits per heavy atom. The molecule has 0 aliphatic heterocycles. The zero-order valence-corrected chi connectivity index (χ0v) is 11.9. The zero-order chi connectivity index (χ0) is 14.4. The maximum absolute atomic E-state index is 11.9. The highest BCUT2D eigenvalue weighted by Gasteiger charge is 2.11. The largest absolute Gasteiger partial charge is 0.462 e. The number of para-hydroxylation sites is 1. The lowest BCUT2D eigenvalue weighted by Gasteiger charge is -2.10. The molecule has 0 amide bonds. The Morgan fingerprint density at radius 1 is 1.25 bits per heavy atom. The number of aryl methyl sites for hydroxylation is 1. The first-order chi connectivity index (χ1) is 9.74. The zero-order valence-electron chi connectivity index (χ0n) is 11.9. The van der Waals surface area contributed by atoms with Gasteiger partial charge < -0.3 is 14.6 Å². The molecule has 106 valence electrons. The smallest absolute Gasteiger partial charge is 0.340 e. The molecule has 20 heavy (non-hydrogen) atoms. The van der Waals surface area contributed by atoms with Gasteiger partial charge in [-0.1, -0.05) is 12.1 Å². The van der Waals surface area contributed by atoms with Crippen molar-refractivity contribution in [1.29, 1.82) is 0 Å². The number of carbonyl (C=O) groups excluding carboxylic acids is 1. The van der Waals surface area contributed by atoms with Crippen LogP contribution >= 0.6 is 0 Å². The molecule has 0 unspecified atom stereocenters. The van der Waals surface area contributed by atoms with E-state index in [4.69, 9.17) is 4.74 Å². The molecule has 0 aliphatic rings. The van der Waals surface area contributed by atoms with Crippen LogP contribution in [0, 0.1) is 0 Å². The predicted molar refractivity (Wildman–Crippen MR) is 79.8 cm³/mol. The van der Waals surface area contributed by atoms with Crippen LogP contribution in [0.15, 0.2) is 42.7 Å². The Morgan fingerprint density at radius 3 is 2.75 bits per heavy atom. The molecule has 4 heteroatoms. The topological polar surface area (TPSA) is 43.3 Å². The third-order valence-corrected chi connectivity index (χ3v) is 3.08. The Kier molecular flexibility index (Phi) is 4.82. The van der Waals surface area contributed by atoms with Crippen LogP contribution in [0.1, 0.15) is 29.8 Å². The highest BCUT2D eigenvalue weighted by molar-refractivity contribution is 5.95. The van der Waals surface area contributed by atoms with E-state index < -0.39 is 0 Å². The molecule has 0 fully saturated rings. The van der Waals surface area contributed by atoms with Crippen LogP contribution in [-0.2, 0) is 17.8 Å². The molecule has 1 aromatic carbocycles. The van der Waals surface area contributed by atoms with Crippen molar-refractivity contribution < 1.29 is 9.53 Å². The maximum Gasteiger partial charge on any atom is 0.340 e. The summed E-state index contributed by atoms with van der Waals surface area (Å²) >= 11 is 0. The van der Waals surface area contributed by atoms with E-state index in [9.17, 15) is 4.79 Å². The summed E-state index contributed by atoms with van der Waals surface area (Å²) in [4.78, 5) is 11.9. The van der Waals surface area contributed by atoms with Gasteiger partial charge in [0.05, 0.1) is 12.2 Å². The normalized spacial score (nSPS) is 10.3. The van der Waals surface area contributed by atoms with E-state index in [1.165, 1.54) is 5.56 Å². The summed E-state index contributed by atoms with van der Waals surface area (Å²) in [5.41, 5.74) is 2.56. The Balaban J connectivity index is 2.07. The molecule has 0 aliphatic carbocycles. The number of nitrogens with one attached hydrogen (secondary N) is 1. The van der Waals surface area contributed by atoms with E-state index in [0.717, 1.165) is 12.2 Å². The third-order valence-electron chi connectivity index (χ3n) is 3.08. The first kappa shape index (κ1) is 14.2. The number of rotatable bonds is 6. The second-order valence-electron chi connectivity index (χ2n) is 4.47. The standard InChI is InChI=1S/C16H20N2O2/c1-3-18-10-9-13(12-18)11-17-15-8-6-5-7-14(15)16(19)20-4-2/h5-10,12,17H,3-4,11H2,1-2H3. The van der Waals surface area contributed by atoms with Crippen molar-refractivity contribution in [2.45, 2.75) is 26.9 Å². The number of carbonyl (C=O) groups is 1. The van der Waals surface area contributed by atoms with Crippen molar-refractivity contribution >= 4 is 11.7 Å². The first-order valence-electron chi connectivity index (χ1n) is 6.89. The predicted octanol–water partition coefficient (Wildman–Crippen LogP) is 3.30. The summed E-state index contributed by atoms with van der Waals surface area (Å²) in [6.07, 6.45) is 4.15. The minimum atomic E-state index is -0.290. The van der Waals surface area contributed by atoms with Gasteiger partial charge >= 0.3 is 5.97 Å². The van der Waals surface area contributed by atoms with E-state index >= 15 is 0 Å². The highest BCUT2D eigenvalue weighted by atomic mass is 16.5. The van der Waals surface area contributed by atoms with Crippen LogP contribution in [0.2, 0.25) is 0 Å². The molecule has 0 spiro atoms. The molecule has 1 N–H and O–H groups in total. The Bertz CT molecular complexity index is 575. The Hall–Kier alpha value is -2.23. The van der Waals surface area contributed by atoms with Gasteiger partial charge in [-0.05, 0) is 37.6 Å². The van der Waals surface area contributed by atoms with Gasteiger partial charge in [0, 0.05) is 31.2 Å². The number of benzene rings is 1. The van der Waals surface area contributed by atoms with Crippen LogP contribution in [-0.4, -0.2) is 17.1 Å². The van der Waals surface area contributed by atoms with Crippen molar-refractivity contribution in [2.75, 3.05) is 11.9 Å². The molecular formula is C16H20N2O2. The van der Waals surface area contributed by atoms with Gasteiger partial charge in [-0.3, -0.25) is 0 Å². The van der Waals surface area contributed by atoms with E-state index in [-0.39, 0.29) is 5.97 Å². The number of ether oxygens (including phenoxy) is 1. The monoisotopic (exact) mass is 272 g/mol. The molecule has 2 rings (SSSR count). The molecule has 0 saturated carbocycles. The number of anilines is 1. The molecule has 1 aromatic heterocycles. The van der Waals surface area contributed by atoms with E-state index in [1.54, 1.807) is 13.0 Å². The van der Waals surface area contributed by atoms with Crippen molar-refractivity contribution in [3.63, 3.8) is 0 Å². The average molecular weight is 272 g/mol. The van der Waals surface area contributed by atoms with Crippen LogP contribution in [0.4, 0.5) is 5.69 Å². The summed E-state index contributed by atoms with van der Waals surface area (Å²) < 4.78 is 7.18. The molecule has 0 bridgehead atoms. The molecule has 1 heterocycles. The maximum atomic E-state index is 11.9. The molecule has 0 atom stereocenters. The van der Waals surface area contributed by atoms with Gasteiger partial charge in [0.1, 0.15) is 0 Å². The summed E-state index contributed by atoms with van der Waals surface area (Å²) in [6.45, 7) is 5.93. The third kappa shape index (κ3) is 3.41. The van der Waals surface area contributed by atoms with Crippen molar-refractivity contribution in [3.8, 4) is 0 Å². The lowest BCUT2D eigenvalue weighted by molar-refractivity contribution is 0.0527. The number of hydrogen-bond donors (Lipinski definition) is 1. The fraction of sp³-hybridized carbons (Fsp3) is 0.312. The minimum Gasteiger partial charge on any atom is -0.462 e. The summed E-state index contributed by atoms with van der Waals surface area (Å²) in [6, 6.07) is 9.48. The SMILES string of the molecule is CCOC(=O)c1ccccc1NCc1ccn(CC)c1. The first-order valence-corrected chi connectivity index (χ1v) is 6.89. The fourth-order valence-corrected chi connectivity index (χ4v) is 2.01. The van der Waals surface area contributed by atoms with Gasteiger partial charge in [-0.2, -0.15) is 0 Å². The molecule has 0 radical (unpaired) electrons.